The van der Waals surface area contributed by atoms with Crippen molar-refractivity contribution < 1.29 is 9.00 Å². The summed E-state index contributed by atoms with van der Waals surface area (Å²) >= 11 is 4.26. The molecule has 0 unspecified atom stereocenters. The third kappa shape index (κ3) is 3.33. The summed E-state index contributed by atoms with van der Waals surface area (Å²) in [6.07, 6.45) is 1.60. The topological polar surface area (TPSA) is 46.2 Å². The van der Waals surface area contributed by atoms with E-state index in [4.69, 9.17) is 0 Å². The number of benzene rings is 1. The minimum Gasteiger partial charge on any atom is -0.349 e. The molecule has 1 fully saturated rings. The molecule has 0 aromatic heterocycles. The van der Waals surface area contributed by atoms with Crippen molar-refractivity contribution in [2.75, 3.05) is 11.5 Å². The van der Waals surface area contributed by atoms with Gasteiger partial charge in [0.15, 0.2) is 0 Å². The number of thiol groups is 1. The van der Waals surface area contributed by atoms with Crippen molar-refractivity contribution in [1.29, 1.82) is 0 Å². The lowest BCUT2D eigenvalue weighted by Gasteiger charge is -2.22. The van der Waals surface area contributed by atoms with Gasteiger partial charge in [-0.2, -0.15) is 0 Å². The Morgan fingerprint density at radius 3 is 2.59 bits per heavy atom. The standard InChI is InChI=1S/C12H15NO2S2/c14-12(10-3-1-2-4-11(10)16)13-9-5-7-17(15)8-6-9/h1-4,9,16H,5-8H2,(H,13,14). The molecule has 0 atom stereocenters. The number of amides is 1. The predicted octanol–water partition coefficient (Wildman–Crippen LogP) is 1.62. The van der Waals surface area contributed by atoms with E-state index in [0.717, 1.165) is 12.8 Å². The number of rotatable bonds is 2. The van der Waals surface area contributed by atoms with Crippen LogP contribution in [0.1, 0.15) is 23.2 Å². The normalized spacial score (nSPS) is 24.3. The molecule has 5 heteroatoms. The fourth-order valence-electron chi connectivity index (χ4n) is 1.87. The Morgan fingerprint density at radius 2 is 1.94 bits per heavy atom. The Morgan fingerprint density at radius 1 is 1.29 bits per heavy atom. The second-order valence-corrected chi connectivity index (χ2v) is 6.29. The molecule has 1 aliphatic rings. The maximum Gasteiger partial charge on any atom is 0.252 e. The van der Waals surface area contributed by atoms with Gasteiger partial charge in [-0.05, 0) is 25.0 Å². The highest BCUT2D eigenvalue weighted by molar-refractivity contribution is 7.85. The third-order valence-corrected chi connectivity index (χ3v) is 4.64. The molecule has 17 heavy (non-hydrogen) atoms. The van der Waals surface area contributed by atoms with Gasteiger partial charge in [-0.25, -0.2) is 0 Å². The van der Waals surface area contributed by atoms with E-state index < -0.39 is 10.8 Å². The van der Waals surface area contributed by atoms with Crippen LogP contribution in [0.4, 0.5) is 0 Å². The largest absolute Gasteiger partial charge is 0.349 e. The first-order valence-corrected chi connectivity index (χ1v) is 7.54. The summed E-state index contributed by atoms with van der Waals surface area (Å²) in [4.78, 5) is 12.7. The van der Waals surface area contributed by atoms with Crippen LogP contribution in [0.2, 0.25) is 0 Å². The van der Waals surface area contributed by atoms with E-state index in [1.165, 1.54) is 0 Å². The predicted molar refractivity (Wildman–Crippen MR) is 72.1 cm³/mol. The van der Waals surface area contributed by atoms with Crippen LogP contribution in [0.3, 0.4) is 0 Å². The molecule has 92 valence electrons. The van der Waals surface area contributed by atoms with E-state index >= 15 is 0 Å². The van der Waals surface area contributed by atoms with Gasteiger partial charge in [0.25, 0.3) is 5.91 Å². The number of nitrogens with one attached hydrogen (secondary N) is 1. The highest BCUT2D eigenvalue weighted by Crippen LogP contribution is 2.15. The lowest BCUT2D eigenvalue weighted by Crippen LogP contribution is -2.39. The van der Waals surface area contributed by atoms with E-state index in [9.17, 15) is 9.00 Å². The van der Waals surface area contributed by atoms with Crippen LogP contribution in [0.25, 0.3) is 0 Å². The Bertz CT molecular complexity index is 438. The van der Waals surface area contributed by atoms with Gasteiger partial charge in [0.2, 0.25) is 0 Å². The molecule has 1 aromatic carbocycles. The number of hydrogen-bond acceptors (Lipinski definition) is 3. The molecule has 0 bridgehead atoms. The molecule has 0 aliphatic carbocycles. The number of carbonyl (C=O) groups excluding carboxylic acids is 1. The summed E-state index contributed by atoms with van der Waals surface area (Å²) in [5.74, 6) is 1.29. The van der Waals surface area contributed by atoms with E-state index in [1.807, 2.05) is 12.1 Å². The monoisotopic (exact) mass is 269 g/mol. The van der Waals surface area contributed by atoms with Crippen molar-refractivity contribution >= 4 is 29.3 Å². The van der Waals surface area contributed by atoms with Gasteiger partial charge in [-0.1, -0.05) is 12.1 Å². The minimum absolute atomic E-state index is 0.0896. The first-order chi connectivity index (χ1) is 8.16. The zero-order valence-electron chi connectivity index (χ0n) is 9.39. The van der Waals surface area contributed by atoms with E-state index in [1.54, 1.807) is 12.1 Å². The summed E-state index contributed by atoms with van der Waals surface area (Å²) in [5, 5.41) is 2.97. The Labute approximate surface area is 109 Å². The molecule has 0 saturated carbocycles. The average Bonchev–Trinajstić information content (AvgIpc) is 2.32. The van der Waals surface area contributed by atoms with Crippen LogP contribution in [0.5, 0.6) is 0 Å². The molecular formula is C12H15NO2S2. The van der Waals surface area contributed by atoms with Crippen molar-refractivity contribution in [2.45, 2.75) is 23.8 Å². The van der Waals surface area contributed by atoms with Gasteiger partial charge in [0.05, 0.1) is 5.56 Å². The first kappa shape index (κ1) is 12.6. The molecule has 1 amide bonds. The van der Waals surface area contributed by atoms with Gasteiger partial charge in [-0.3, -0.25) is 9.00 Å². The molecule has 1 aromatic rings. The minimum atomic E-state index is -0.691. The highest BCUT2D eigenvalue weighted by Gasteiger charge is 2.20. The highest BCUT2D eigenvalue weighted by atomic mass is 32.2. The van der Waals surface area contributed by atoms with Gasteiger partial charge < -0.3 is 5.32 Å². The summed E-state index contributed by atoms with van der Waals surface area (Å²) < 4.78 is 11.2. The van der Waals surface area contributed by atoms with Crippen molar-refractivity contribution in [3.63, 3.8) is 0 Å². The van der Waals surface area contributed by atoms with Gasteiger partial charge in [0, 0.05) is 33.2 Å². The fraction of sp³-hybridized carbons (Fsp3) is 0.417. The van der Waals surface area contributed by atoms with Crippen LogP contribution < -0.4 is 5.32 Å². The molecule has 1 N–H and O–H groups in total. The maximum atomic E-state index is 12.0. The molecule has 3 nitrogen and oxygen atoms in total. The second kappa shape index (κ2) is 5.69. The number of carbonyl (C=O) groups is 1. The summed E-state index contributed by atoms with van der Waals surface area (Å²) in [5.41, 5.74) is 0.600. The molecule has 1 aliphatic heterocycles. The first-order valence-electron chi connectivity index (χ1n) is 5.60. The smallest absolute Gasteiger partial charge is 0.252 e. The van der Waals surface area contributed by atoms with Crippen molar-refractivity contribution in [2.24, 2.45) is 0 Å². The zero-order valence-corrected chi connectivity index (χ0v) is 11.1. The van der Waals surface area contributed by atoms with Crippen LogP contribution in [0, 0.1) is 0 Å². The summed E-state index contributed by atoms with van der Waals surface area (Å²) in [7, 11) is -0.691. The fourth-order valence-corrected chi connectivity index (χ4v) is 3.43. The van der Waals surface area contributed by atoms with Gasteiger partial charge in [0.1, 0.15) is 0 Å². The molecule has 0 spiro atoms. The van der Waals surface area contributed by atoms with E-state index in [-0.39, 0.29) is 11.9 Å². The van der Waals surface area contributed by atoms with Crippen molar-refractivity contribution in [3.05, 3.63) is 29.8 Å². The summed E-state index contributed by atoms with van der Waals surface area (Å²) in [6.45, 7) is 0. The lowest BCUT2D eigenvalue weighted by atomic mass is 10.1. The third-order valence-electron chi connectivity index (χ3n) is 2.87. The van der Waals surface area contributed by atoms with E-state index in [2.05, 4.69) is 17.9 Å². The number of hydrogen-bond donors (Lipinski definition) is 2. The van der Waals surface area contributed by atoms with Gasteiger partial charge in [-0.15, -0.1) is 12.6 Å². The summed E-state index contributed by atoms with van der Waals surface area (Å²) in [6, 6.07) is 7.38. The quantitative estimate of drug-likeness (QED) is 0.801. The van der Waals surface area contributed by atoms with Gasteiger partial charge >= 0.3 is 0 Å². The average molecular weight is 269 g/mol. The molecule has 1 saturated heterocycles. The Hall–Kier alpha value is -0.810. The van der Waals surface area contributed by atoms with Crippen LogP contribution in [-0.2, 0) is 10.8 Å². The molecule has 1 heterocycles. The molecule has 0 radical (unpaired) electrons. The second-order valence-electron chi connectivity index (χ2n) is 4.11. The molecule has 2 rings (SSSR count). The van der Waals surface area contributed by atoms with Crippen molar-refractivity contribution in [3.8, 4) is 0 Å². The Balaban J connectivity index is 1.98. The zero-order chi connectivity index (χ0) is 12.3. The van der Waals surface area contributed by atoms with Crippen LogP contribution in [-0.4, -0.2) is 27.7 Å². The van der Waals surface area contributed by atoms with Crippen LogP contribution >= 0.6 is 12.6 Å². The Kier molecular flexibility index (Phi) is 4.23. The maximum absolute atomic E-state index is 12.0. The molecular weight excluding hydrogens is 254 g/mol. The lowest BCUT2D eigenvalue weighted by molar-refractivity contribution is 0.0931. The van der Waals surface area contributed by atoms with Crippen molar-refractivity contribution in [1.82, 2.24) is 5.32 Å². The van der Waals surface area contributed by atoms with E-state index in [0.29, 0.717) is 22.0 Å². The van der Waals surface area contributed by atoms with Crippen LogP contribution in [0.15, 0.2) is 29.2 Å². The SMILES string of the molecule is O=C(NC1CCS(=O)CC1)c1ccccc1S.